The smallest absolute Gasteiger partial charge is 0.185 e. The van der Waals surface area contributed by atoms with Crippen LogP contribution in [0.15, 0.2) is 52.9 Å². The molecule has 0 bridgehead atoms. The molecule has 0 aliphatic carbocycles. The molecule has 3 rings (SSSR count). The van der Waals surface area contributed by atoms with Gasteiger partial charge in [0.15, 0.2) is 12.0 Å². The first-order chi connectivity index (χ1) is 11.1. The third-order valence-electron chi connectivity index (χ3n) is 3.67. The van der Waals surface area contributed by atoms with Gasteiger partial charge in [-0.1, -0.05) is 17.7 Å². The van der Waals surface area contributed by atoms with Gasteiger partial charge in [-0.25, -0.2) is 0 Å². The maximum absolute atomic E-state index is 10.7. The van der Waals surface area contributed by atoms with Gasteiger partial charge in [0.2, 0.25) is 0 Å². The first kappa shape index (κ1) is 15.4. The molecule has 0 aliphatic rings. The van der Waals surface area contributed by atoms with Crippen molar-refractivity contribution >= 4 is 17.9 Å². The summed E-state index contributed by atoms with van der Waals surface area (Å²) >= 11 is 6.30. The molecule has 0 saturated carbocycles. The fourth-order valence-corrected chi connectivity index (χ4v) is 2.43. The Hall–Kier alpha value is -2.52. The van der Waals surface area contributed by atoms with E-state index in [0.717, 1.165) is 16.9 Å². The summed E-state index contributed by atoms with van der Waals surface area (Å²) in [6, 6.07) is 14.6. The molecule has 1 aromatic heterocycles. The van der Waals surface area contributed by atoms with Gasteiger partial charge in [-0.2, -0.15) is 0 Å². The summed E-state index contributed by atoms with van der Waals surface area (Å²) in [7, 11) is 0. The molecule has 2 aromatic carbocycles. The Bertz CT molecular complexity index is 865. The first-order valence-electron chi connectivity index (χ1n) is 7.17. The predicted octanol–water partition coefficient (Wildman–Crippen LogP) is 5.82. The third kappa shape index (κ3) is 3.30. The standard InChI is InChI=1S/C19H15ClO3/c1-12-3-5-15(9-13(12)2)22-19-7-4-14(10-17(19)20)18-8-6-16(11-21)23-18/h3-11H,1-2H3. The van der Waals surface area contributed by atoms with Gasteiger partial charge in [0.05, 0.1) is 5.02 Å². The molecule has 0 radical (unpaired) electrons. The molecule has 0 aliphatic heterocycles. The number of hydrogen-bond donors (Lipinski definition) is 0. The average molecular weight is 327 g/mol. The van der Waals surface area contributed by atoms with E-state index < -0.39 is 0 Å². The zero-order valence-electron chi connectivity index (χ0n) is 12.8. The van der Waals surface area contributed by atoms with Gasteiger partial charge in [-0.15, -0.1) is 0 Å². The van der Waals surface area contributed by atoms with Crippen molar-refractivity contribution in [3.05, 3.63) is 70.4 Å². The molecule has 0 saturated heterocycles. The Morgan fingerprint density at radius 2 is 1.83 bits per heavy atom. The lowest BCUT2D eigenvalue weighted by atomic mass is 10.1. The lowest BCUT2D eigenvalue weighted by Gasteiger charge is -2.10. The van der Waals surface area contributed by atoms with Gasteiger partial charge in [0.25, 0.3) is 0 Å². The lowest BCUT2D eigenvalue weighted by Crippen LogP contribution is -1.88. The topological polar surface area (TPSA) is 39.4 Å². The van der Waals surface area contributed by atoms with E-state index in [2.05, 4.69) is 6.92 Å². The van der Waals surface area contributed by atoms with Crippen LogP contribution < -0.4 is 4.74 Å². The summed E-state index contributed by atoms with van der Waals surface area (Å²) in [5, 5.41) is 0.477. The number of aryl methyl sites for hydroxylation is 2. The van der Waals surface area contributed by atoms with Gasteiger partial charge in [-0.3, -0.25) is 4.79 Å². The van der Waals surface area contributed by atoms with Gasteiger partial charge in [-0.05, 0) is 67.4 Å². The summed E-state index contributed by atoms with van der Waals surface area (Å²) in [5.41, 5.74) is 3.16. The number of halogens is 1. The molecule has 0 amide bonds. The van der Waals surface area contributed by atoms with Crippen LogP contribution in [0.5, 0.6) is 11.5 Å². The predicted molar refractivity (Wildman–Crippen MR) is 90.5 cm³/mol. The number of benzene rings is 2. The molecule has 23 heavy (non-hydrogen) atoms. The van der Waals surface area contributed by atoms with Crippen LogP contribution in [0.1, 0.15) is 21.7 Å². The van der Waals surface area contributed by atoms with Crippen LogP contribution in [-0.4, -0.2) is 6.29 Å². The van der Waals surface area contributed by atoms with Crippen molar-refractivity contribution in [3.8, 4) is 22.8 Å². The van der Waals surface area contributed by atoms with Crippen LogP contribution in [0.4, 0.5) is 0 Å². The normalized spacial score (nSPS) is 10.6. The van der Waals surface area contributed by atoms with Crippen molar-refractivity contribution in [2.75, 3.05) is 0 Å². The summed E-state index contributed by atoms with van der Waals surface area (Å²) in [6.45, 7) is 4.09. The fourth-order valence-electron chi connectivity index (χ4n) is 2.21. The molecular formula is C19H15ClO3. The van der Waals surface area contributed by atoms with Crippen molar-refractivity contribution in [2.24, 2.45) is 0 Å². The van der Waals surface area contributed by atoms with E-state index in [1.807, 2.05) is 31.2 Å². The van der Waals surface area contributed by atoms with E-state index in [0.29, 0.717) is 22.8 Å². The van der Waals surface area contributed by atoms with E-state index in [1.165, 1.54) is 5.56 Å². The molecule has 3 nitrogen and oxygen atoms in total. The second-order valence-electron chi connectivity index (χ2n) is 5.31. The number of hydrogen-bond acceptors (Lipinski definition) is 3. The molecule has 0 atom stereocenters. The quantitative estimate of drug-likeness (QED) is 0.567. The van der Waals surface area contributed by atoms with Crippen LogP contribution in [0.2, 0.25) is 5.02 Å². The summed E-state index contributed by atoms with van der Waals surface area (Å²) < 4.78 is 11.2. The Morgan fingerprint density at radius 1 is 1.00 bits per heavy atom. The Kier molecular flexibility index (Phi) is 4.22. The first-order valence-corrected chi connectivity index (χ1v) is 7.54. The highest BCUT2D eigenvalue weighted by molar-refractivity contribution is 6.32. The number of ether oxygens (including phenoxy) is 1. The zero-order valence-corrected chi connectivity index (χ0v) is 13.6. The van der Waals surface area contributed by atoms with E-state index >= 15 is 0 Å². The van der Waals surface area contributed by atoms with Crippen LogP contribution in [0.25, 0.3) is 11.3 Å². The average Bonchev–Trinajstić information content (AvgIpc) is 3.02. The fraction of sp³-hybridized carbons (Fsp3) is 0.105. The van der Waals surface area contributed by atoms with Crippen molar-refractivity contribution in [1.29, 1.82) is 0 Å². The molecular weight excluding hydrogens is 312 g/mol. The minimum absolute atomic E-state index is 0.284. The highest BCUT2D eigenvalue weighted by Crippen LogP contribution is 2.34. The maximum Gasteiger partial charge on any atom is 0.185 e. The second kappa shape index (κ2) is 6.31. The molecule has 0 fully saturated rings. The highest BCUT2D eigenvalue weighted by Gasteiger charge is 2.09. The maximum atomic E-state index is 10.7. The van der Waals surface area contributed by atoms with Crippen molar-refractivity contribution in [2.45, 2.75) is 13.8 Å². The number of rotatable bonds is 4. The van der Waals surface area contributed by atoms with Crippen molar-refractivity contribution < 1.29 is 13.9 Å². The molecule has 0 unspecified atom stereocenters. The number of furan rings is 1. The van der Waals surface area contributed by atoms with E-state index in [4.69, 9.17) is 20.8 Å². The number of aldehydes is 1. The Labute approximate surface area is 139 Å². The molecule has 4 heteroatoms. The minimum Gasteiger partial charge on any atom is -0.456 e. The van der Waals surface area contributed by atoms with E-state index in [9.17, 15) is 4.79 Å². The van der Waals surface area contributed by atoms with Crippen LogP contribution in [0, 0.1) is 13.8 Å². The molecule has 116 valence electrons. The molecule has 3 aromatic rings. The highest BCUT2D eigenvalue weighted by atomic mass is 35.5. The van der Waals surface area contributed by atoms with Gasteiger partial charge < -0.3 is 9.15 Å². The van der Waals surface area contributed by atoms with Crippen LogP contribution >= 0.6 is 11.6 Å². The van der Waals surface area contributed by atoms with Gasteiger partial charge in [0, 0.05) is 5.56 Å². The van der Waals surface area contributed by atoms with Crippen molar-refractivity contribution in [3.63, 3.8) is 0 Å². The minimum atomic E-state index is 0.284. The third-order valence-corrected chi connectivity index (χ3v) is 3.96. The lowest BCUT2D eigenvalue weighted by molar-refractivity contribution is 0.110. The van der Waals surface area contributed by atoms with Crippen LogP contribution in [-0.2, 0) is 0 Å². The number of carbonyl (C=O) groups excluding carboxylic acids is 1. The summed E-state index contributed by atoms with van der Waals surface area (Å²) in [4.78, 5) is 10.7. The van der Waals surface area contributed by atoms with Crippen LogP contribution in [0.3, 0.4) is 0 Å². The summed E-state index contributed by atoms with van der Waals surface area (Å²) in [5.74, 6) is 2.18. The molecule has 0 N–H and O–H groups in total. The van der Waals surface area contributed by atoms with E-state index in [1.54, 1.807) is 24.3 Å². The Balaban J connectivity index is 1.86. The van der Waals surface area contributed by atoms with Gasteiger partial charge >= 0.3 is 0 Å². The second-order valence-corrected chi connectivity index (χ2v) is 5.72. The zero-order chi connectivity index (χ0) is 16.4. The summed E-state index contributed by atoms with van der Waals surface area (Å²) in [6.07, 6.45) is 0.669. The molecule has 1 heterocycles. The largest absolute Gasteiger partial charge is 0.456 e. The Morgan fingerprint density at radius 3 is 2.48 bits per heavy atom. The molecule has 0 spiro atoms. The SMILES string of the molecule is Cc1ccc(Oc2ccc(-c3ccc(C=O)o3)cc2Cl)cc1C. The van der Waals surface area contributed by atoms with Gasteiger partial charge in [0.1, 0.15) is 17.3 Å². The number of carbonyl (C=O) groups is 1. The monoisotopic (exact) mass is 326 g/mol. The van der Waals surface area contributed by atoms with Crippen molar-refractivity contribution in [1.82, 2.24) is 0 Å². The van der Waals surface area contributed by atoms with E-state index in [-0.39, 0.29) is 5.76 Å².